The SMILES string of the molecule is COc1c(C)cc(CNC(=O)O)c(C)c1C. The molecule has 1 rings (SSSR count). The van der Waals surface area contributed by atoms with Crippen LogP contribution in [0.25, 0.3) is 0 Å². The second-order valence-electron chi connectivity index (χ2n) is 3.79. The molecule has 2 N–H and O–H groups in total. The predicted octanol–water partition coefficient (Wildman–Crippen LogP) is 2.39. The molecule has 0 spiro atoms. The van der Waals surface area contributed by atoms with Crippen LogP contribution in [0.2, 0.25) is 0 Å². The van der Waals surface area contributed by atoms with Gasteiger partial charge in [0, 0.05) is 6.54 Å². The van der Waals surface area contributed by atoms with Crippen LogP contribution < -0.4 is 10.1 Å². The summed E-state index contributed by atoms with van der Waals surface area (Å²) in [6.45, 7) is 6.23. The molecule has 0 heterocycles. The molecule has 0 aliphatic carbocycles. The van der Waals surface area contributed by atoms with Crippen molar-refractivity contribution in [2.24, 2.45) is 0 Å². The summed E-state index contributed by atoms with van der Waals surface area (Å²) in [5.74, 6) is 0.872. The van der Waals surface area contributed by atoms with Crippen molar-refractivity contribution in [3.8, 4) is 5.75 Å². The first-order valence-corrected chi connectivity index (χ1v) is 5.07. The van der Waals surface area contributed by atoms with E-state index in [4.69, 9.17) is 9.84 Å². The van der Waals surface area contributed by atoms with Gasteiger partial charge in [-0.3, -0.25) is 0 Å². The Morgan fingerprint density at radius 2 is 2.00 bits per heavy atom. The summed E-state index contributed by atoms with van der Waals surface area (Å²) in [6, 6.07) is 1.96. The maximum Gasteiger partial charge on any atom is 0.404 e. The van der Waals surface area contributed by atoms with E-state index in [1.165, 1.54) is 0 Å². The molecular formula is C12H17NO3. The van der Waals surface area contributed by atoms with Crippen molar-refractivity contribution >= 4 is 6.09 Å². The molecule has 1 aromatic rings. The summed E-state index contributed by atoms with van der Waals surface area (Å²) in [4.78, 5) is 10.4. The zero-order chi connectivity index (χ0) is 12.3. The molecule has 1 aromatic carbocycles. The van der Waals surface area contributed by atoms with Crippen LogP contribution in [0.3, 0.4) is 0 Å². The van der Waals surface area contributed by atoms with Gasteiger partial charge in [0.2, 0.25) is 0 Å². The number of ether oxygens (including phenoxy) is 1. The van der Waals surface area contributed by atoms with Crippen molar-refractivity contribution in [3.05, 3.63) is 28.3 Å². The fourth-order valence-corrected chi connectivity index (χ4v) is 1.81. The molecule has 1 amide bonds. The predicted molar refractivity (Wildman–Crippen MR) is 62.1 cm³/mol. The number of benzene rings is 1. The average molecular weight is 223 g/mol. The molecule has 0 fully saturated rings. The normalized spacial score (nSPS) is 10.0. The Hall–Kier alpha value is -1.71. The van der Waals surface area contributed by atoms with Gasteiger partial charge in [-0.15, -0.1) is 0 Å². The minimum Gasteiger partial charge on any atom is -0.496 e. The Balaban J connectivity index is 3.08. The van der Waals surface area contributed by atoms with Crippen LogP contribution >= 0.6 is 0 Å². The van der Waals surface area contributed by atoms with E-state index in [-0.39, 0.29) is 0 Å². The average Bonchev–Trinajstić information content (AvgIpc) is 2.22. The minimum atomic E-state index is -1.01. The van der Waals surface area contributed by atoms with E-state index in [1.54, 1.807) is 7.11 Å². The molecular weight excluding hydrogens is 206 g/mol. The fourth-order valence-electron chi connectivity index (χ4n) is 1.81. The van der Waals surface area contributed by atoms with Crippen molar-refractivity contribution in [1.29, 1.82) is 0 Å². The monoisotopic (exact) mass is 223 g/mol. The molecule has 0 saturated carbocycles. The van der Waals surface area contributed by atoms with Crippen LogP contribution in [0.1, 0.15) is 22.3 Å². The number of methoxy groups -OCH3 is 1. The van der Waals surface area contributed by atoms with E-state index in [2.05, 4.69) is 5.32 Å². The third-order valence-corrected chi connectivity index (χ3v) is 2.77. The molecule has 0 bridgehead atoms. The molecule has 4 nitrogen and oxygen atoms in total. The van der Waals surface area contributed by atoms with E-state index < -0.39 is 6.09 Å². The highest BCUT2D eigenvalue weighted by Crippen LogP contribution is 2.28. The molecule has 0 aliphatic rings. The summed E-state index contributed by atoms with van der Waals surface area (Å²) in [7, 11) is 1.64. The quantitative estimate of drug-likeness (QED) is 0.827. The number of nitrogens with one attached hydrogen (secondary N) is 1. The molecule has 0 radical (unpaired) electrons. The third kappa shape index (κ3) is 2.45. The molecule has 16 heavy (non-hydrogen) atoms. The van der Waals surface area contributed by atoms with Crippen LogP contribution in [0.5, 0.6) is 5.75 Å². The Morgan fingerprint density at radius 3 is 2.50 bits per heavy atom. The van der Waals surface area contributed by atoms with E-state index in [9.17, 15) is 4.79 Å². The Morgan fingerprint density at radius 1 is 1.38 bits per heavy atom. The van der Waals surface area contributed by atoms with Crippen molar-refractivity contribution in [2.75, 3.05) is 7.11 Å². The number of amides is 1. The van der Waals surface area contributed by atoms with Gasteiger partial charge in [0.25, 0.3) is 0 Å². The van der Waals surface area contributed by atoms with E-state index >= 15 is 0 Å². The lowest BCUT2D eigenvalue weighted by Gasteiger charge is -2.15. The highest BCUT2D eigenvalue weighted by Gasteiger charge is 2.10. The van der Waals surface area contributed by atoms with E-state index in [0.717, 1.165) is 28.0 Å². The second kappa shape index (κ2) is 4.88. The zero-order valence-corrected chi connectivity index (χ0v) is 10.0. The van der Waals surface area contributed by atoms with Gasteiger partial charge in [-0.25, -0.2) is 4.79 Å². The summed E-state index contributed by atoms with van der Waals surface area (Å²) in [5.41, 5.74) is 4.13. The minimum absolute atomic E-state index is 0.326. The second-order valence-corrected chi connectivity index (χ2v) is 3.79. The molecule has 0 aromatic heterocycles. The van der Waals surface area contributed by atoms with Crippen LogP contribution in [-0.2, 0) is 6.54 Å². The van der Waals surface area contributed by atoms with Crippen LogP contribution in [0.4, 0.5) is 4.79 Å². The lowest BCUT2D eigenvalue weighted by molar-refractivity contribution is 0.194. The van der Waals surface area contributed by atoms with Crippen molar-refractivity contribution in [3.63, 3.8) is 0 Å². The van der Waals surface area contributed by atoms with Crippen LogP contribution in [-0.4, -0.2) is 18.3 Å². The highest BCUT2D eigenvalue weighted by molar-refractivity contribution is 5.64. The lowest BCUT2D eigenvalue weighted by atomic mass is 9.98. The molecule has 0 saturated heterocycles. The highest BCUT2D eigenvalue weighted by atomic mass is 16.5. The molecule has 88 valence electrons. The fraction of sp³-hybridized carbons (Fsp3) is 0.417. The first-order chi connectivity index (χ1) is 7.47. The van der Waals surface area contributed by atoms with Crippen molar-refractivity contribution in [1.82, 2.24) is 5.32 Å². The number of aryl methyl sites for hydroxylation is 1. The Labute approximate surface area is 95.2 Å². The van der Waals surface area contributed by atoms with E-state index in [0.29, 0.717) is 6.54 Å². The zero-order valence-electron chi connectivity index (χ0n) is 10.0. The first kappa shape index (κ1) is 12.4. The van der Waals surface area contributed by atoms with Gasteiger partial charge in [0.05, 0.1) is 7.11 Å². The Bertz CT molecular complexity index is 413. The van der Waals surface area contributed by atoms with Gasteiger partial charge in [0.15, 0.2) is 0 Å². The van der Waals surface area contributed by atoms with Gasteiger partial charge >= 0.3 is 6.09 Å². The maximum atomic E-state index is 10.4. The van der Waals surface area contributed by atoms with Gasteiger partial charge in [-0.2, -0.15) is 0 Å². The third-order valence-electron chi connectivity index (χ3n) is 2.77. The lowest BCUT2D eigenvalue weighted by Crippen LogP contribution is -2.20. The van der Waals surface area contributed by atoms with Crippen LogP contribution in [0.15, 0.2) is 6.07 Å². The van der Waals surface area contributed by atoms with Gasteiger partial charge in [-0.1, -0.05) is 6.07 Å². The standard InChI is InChI=1S/C12H17NO3/c1-7-5-10(6-13-12(14)15)8(2)9(3)11(7)16-4/h5,13H,6H2,1-4H3,(H,14,15). The summed E-state index contributed by atoms with van der Waals surface area (Å²) >= 11 is 0. The summed E-state index contributed by atoms with van der Waals surface area (Å²) in [5, 5.41) is 10.9. The molecule has 0 aliphatic heterocycles. The number of carboxylic acid groups (broad SMARTS) is 1. The maximum absolute atomic E-state index is 10.4. The van der Waals surface area contributed by atoms with Gasteiger partial charge in [-0.05, 0) is 43.0 Å². The van der Waals surface area contributed by atoms with Crippen molar-refractivity contribution in [2.45, 2.75) is 27.3 Å². The number of carbonyl (C=O) groups is 1. The van der Waals surface area contributed by atoms with Crippen LogP contribution in [0, 0.1) is 20.8 Å². The van der Waals surface area contributed by atoms with Gasteiger partial charge in [0.1, 0.15) is 5.75 Å². The molecule has 0 atom stereocenters. The number of hydrogen-bond acceptors (Lipinski definition) is 2. The molecule has 4 heteroatoms. The smallest absolute Gasteiger partial charge is 0.404 e. The first-order valence-electron chi connectivity index (χ1n) is 5.07. The number of hydrogen-bond donors (Lipinski definition) is 2. The largest absolute Gasteiger partial charge is 0.496 e. The van der Waals surface area contributed by atoms with Crippen molar-refractivity contribution < 1.29 is 14.6 Å². The molecule has 0 unspecified atom stereocenters. The summed E-state index contributed by atoms with van der Waals surface area (Å²) < 4.78 is 5.30. The van der Waals surface area contributed by atoms with Gasteiger partial charge < -0.3 is 15.2 Å². The van der Waals surface area contributed by atoms with E-state index in [1.807, 2.05) is 26.8 Å². The topological polar surface area (TPSA) is 58.6 Å². The number of rotatable bonds is 3. The Kier molecular flexibility index (Phi) is 3.77. The summed E-state index contributed by atoms with van der Waals surface area (Å²) in [6.07, 6.45) is -1.01.